The number of rotatable bonds is 21. The zero-order chi connectivity index (χ0) is 78.0. The molecular formula is C65H76Br2N24O11S6. The molecule has 13 rings (SSSR count). The van der Waals surface area contributed by atoms with E-state index in [1.807, 2.05) is 34.6 Å². The van der Waals surface area contributed by atoms with Crippen LogP contribution in [0.4, 0.5) is 41.9 Å². The number of H-pyrrole nitrogens is 5. The summed E-state index contributed by atoms with van der Waals surface area (Å²) in [5.41, 5.74) is 22.3. The maximum absolute atomic E-state index is 13.7. The highest BCUT2D eigenvalue weighted by Gasteiger charge is 2.38. The molecule has 2 aliphatic heterocycles. The number of hydrogen-bond donors (Lipinski definition) is 14. The lowest BCUT2D eigenvalue weighted by molar-refractivity contribution is 0.0956. The van der Waals surface area contributed by atoms with Gasteiger partial charge in [-0.1, -0.05) is 100 Å². The van der Waals surface area contributed by atoms with Gasteiger partial charge in [0.2, 0.25) is 5.88 Å². The standard InChI is InChI=1S/C23H26Br2N8O2S2.C23H30N8O3S2.C19H20N8O6S2/c1-9-8-33(19-16(9)29-14-6-12(25)4-5-13(14)30-19)22(35)17-11(3)28-23(36-17)31-21-15(20(34)32-37-21)18(26)27-10(2)7-24;1-5-12-17-13(27-15(6-2)26-12)7-8-31(17)22(34)18-14(10-32)28-23(35-18)29-21-16(20(33)30-36-21)19(24)25-9-11(3)4;1-5(7(3)28)21-12(20)10-14(30)26-35-17(10)25-19-22-6(2)11(34-19)18(33)27-9(29)4-8-13(27)24-16(32)15(31)23-8/h9-10,12H,4-8H2,1-3H3,(H2,26,27)(H,28,31)(H,32,34);11,32H,5-10H2,1-4H3,(H2,24,25)(H,28,29)(H,30,33);4-5,7,28-29H,1-3H3,(H2,20,21)(H,22,25)(H,23,31)(H,24,32)(H,26,30). The van der Waals surface area contributed by atoms with Crippen LogP contribution in [0.3, 0.4) is 0 Å². The Morgan fingerprint density at radius 3 is 1.80 bits per heavy atom. The topological polar surface area (TPSA) is 529 Å². The second kappa shape index (κ2) is 33.7. The number of nitrogens with zero attached hydrogens (tertiary/aromatic N) is 13. The normalized spacial score (nSPS) is 15.8. The number of carbonyl (C=O) groups excluding carboxylic acids is 3. The van der Waals surface area contributed by atoms with Gasteiger partial charge in [0.1, 0.15) is 75.3 Å². The summed E-state index contributed by atoms with van der Waals surface area (Å²) < 4.78 is 8.76. The molecule has 0 bridgehead atoms. The average molecular weight is 1720 g/mol. The zero-order valence-electron chi connectivity index (χ0n) is 59.7. The van der Waals surface area contributed by atoms with Gasteiger partial charge in [0, 0.05) is 61.0 Å². The van der Waals surface area contributed by atoms with Gasteiger partial charge >= 0.3 is 11.1 Å². The number of aliphatic hydroxyl groups is 2. The number of aromatic nitrogens is 13. The van der Waals surface area contributed by atoms with E-state index in [0.717, 1.165) is 134 Å². The molecule has 12 heterocycles. The second-order valence-electron chi connectivity index (χ2n) is 25.6. The lowest BCUT2D eigenvalue weighted by Gasteiger charge is -2.21. The summed E-state index contributed by atoms with van der Waals surface area (Å²) in [7, 11) is 0. The number of alkyl halides is 2. The van der Waals surface area contributed by atoms with Crippen molar-refractivity contribution in [1.82, 2.24) is 62.5 Å². The SMILES string of the molecule is CCc1nc(CC)c2c(n1)CCN2C(=O)c1sc(Nc2s[nH]c(=O)c2C(N)=NCC(C)C)nc1CO.Cc1nc(Nc2s[nH]c(=O)c2C(N)=NC(C)C(C)O)sc1C(=O)n1c(O)cc2[nH]c(=O)c(=O)[nH]c21.Cc1nc(Nc2s[nH]c(=O)c2C(N)=NC(C)CBr)sc1C(=O)N1CC(C)c2nc3c(nc21)CCC(Br)C3. The largest absolute Gasteiger partial charge is 0.494 e. The van der Waals surface area contributed by atoms with Gasteiger partial charge in [0.15, 0.2) is 21.2 Å². The molecule has 35 nitrogen and oxygen atoms in total. The van der Waals surface area contributed by atoms with E-state index in [0.29, 0.717) is 101 Å². The van der Waals surface area contributed by atoms with Gasteiger partial charge in [-0.15, -0.1) is 0 Å². The van der Waals surface area contributed by atoms with Gasteiger partial charge in [0.25, 0.3) is 34.4 Å². The molecule has 108 heavy (non-hydrogen) atoms. The number of carbonyl (C=O) groups is 3. The highest BCUT2D eigenvalue weighted by Crippen LogP contribution is 2.41. The molecule has 0 saturated heterocycles. The number of anilines is 8. The minimum absolute atomic E-state index is 0.0683. The van der Waals surface area contributed by atoms with Crippen LogP contribution >= 0.6 is 100 Å². The number of halogens is 2. The number of aromatic hydroxyl groups is 1. The molecule has 0 radical (unpaired) electrons. The van der Waals surface area contributed by atoms with Crippen molar-refractivity contribution in [3.63, 3.8) is 0 Å². The summed E-state index contributed by atoms with van der Waals surface area (Å²) in [6.07, 6.45) is 4.00. The molecule has 10 aromatic heterocycles. The van der Waals surface area contributed by atoms with Crippen LogP contribution in [0.25, 0.3) is 11.2 Å². The van der Waals surface area contributed by atoms with Gasteiger partial charge in [-0.05, 0) is 94.4 Å². The number of aliphatic imine (C=N–C) groups is 3. The van der Waals surface area contributed by atoms with Crippen LogP contribution in [0.5, 0.6) is 5.88 Å². The number of amides is 2. The van der Waals surface area contributed by atoms with E-state index in [2.05, 4.69) is 118 Å². The fraction of sp³-hybridized carbons (Fsp3) is 0.415. The van der Waals surface area contributed by atoms with Gasteiger partial charge < -0.3 is 63.3 Å². The van der Waals surface area contributed by atoms with Crippen molar-refractivity contribution in [2.24, 2.45) is 38.1 Å². The van der Waals surface area contributed by atoms with Crippen LogP contribution in [0.2, 0.25) is 0 Å². The van der Waals surface area contributed by atoms with E-state index >= 15 is 0 Å². The Morgan fingerprint density at radius 2 is 1.23 bits per heavy atom. The van der Waals surface area contributed by atoms with Crippen molar-refractivity contribution < 1.29 is 29.7 Å². The van der Waals surface area contributed by atoms with E-state index in [9.17, 15) is 53.7 Å². The molecule has 17 N–H and O–H groups in total. The van der Waals surface area contributed by atoms with Gasteiger partial charge in [-0.2, -0.15) is 0 Å². The summed E-state index contributed by atoms with van der Waals surface area (Å²) in [6, 6.07) is 0.512. The summed E-state index contributed by atoms with van der Waals surface area (Å²) in [4.78, 5) is 155. The summed E-state index contributed by atoms with van der Waals surface area (Å²) in [5.74, 6) is 0.439. The predicted molar refractivity (Wildman–Crippen MR) is 430 cm³/mol. The smallest absolute Gasteiger partial charge is 0.315 e. The Hall–Kier alpha value is -9.34. The highest BCUT2D eigenvalue weighted by atomic mass is 79.9. The number of fused-ring (bicyclic) bond motifs is 4. The van der Waals surface area contributed by atoms with Crippen LogP contribution in [0.1, 0.15) is 165 Å². The quantitative estimate of drug-likeness (QED) is 0.0149. The lowest BCUT2D eigenvalue weighted by Crippen LogP contribution is -2.30. The van der Waals surface area contributed by atoms with Crippen molar-refractivity contribution in [2.45, 2.75) is 143 Å². The minimum Gasteiger partial charge on any atom is -0.494 e. The molecule has 10 aromatic rings. The number of nitrogens with one attached hydrogen (secondary N) is 8. The Kier molecular flexibility index (Phi) is 24.8. The molecule has 572 valence electrons. The number of amidine groups is 3. The minimum atomic E-state index is -0.980. The molecule has 5 atom stereocenters. The molecule has 2 amide bonds. The maximum Gasteiger partial charge on any atom is 0.315 e. The van der Waals surface area contributed by atoms with Crippen LogP contribution in [0, 0.1) is 19.8 Å². The third-order valence-corrected chi connectivity index (χ3v) is 24.3. The molecule has 0 fully saturated rings. The van der Waals surface area contributed by atoms with Crippen molar-refractivity contribution in [3.8, 4) is 5.88 Å². The third kappa shape index (κ3) is 16.9. The molecule has 0 saturated carbocycles. The van der Waals surface area contributed by atoms with Gasteiger partial charge in [-0.25, -0.2) is 34.5 Å². The van der Waals surface area contributed by atoms with E-state index in [1.165, 1.54) is 11.3 Å². The summed E-state index contributed by atoms with van der Waals surface area (Å²) >= 11 is 13.5. The monoisotopic (exact) mass is 1720 g/mol. The van der Waals surface area contributed by atoms with Crippen molar-refractivity contribution >= 4 is 189 Å². The lowest BCUT2D eigenvalue weighted by atomic mass is 9.99. The first kappa shape index (κ1) is 79.7. The Bertz CT molecular complexity index is 5520. The Balaban J connectivity index is 0.000000161. The number of thiazole rings is 3. The zero-order valence-corrected chi connectivity index (χ0v) is 67.7. The van der Waals surface area contributed by atoms with E-state index in [-0.39, 0.29) is 96.0 Å². The first-order valence-electron chi connectivity index (χ1n) is 33.8. The number of hydrogen-bond acceptors (Lipinski definition) is 30. The van der Waals surface area contributed by atoms with Gasteiger partial charge in [0.05, 0.1) is 81.6 Å². The number of aromatic amines is 5. The van der Waals surface area contributed by atoms with Crippen molar-refractivity contribution in [1.29, 1.82) is 0 Å². The van der Waals surface area contributed by atoms with E-state index in [4.69, 9.17) is 27.2 Å². The summed E-state index contributed by atoms with van der Waals surface area (Å²) in [6.45, 7) is 19.7. The van der Waals surface area contributed by atoms with Crippen LogP contribution in [-0.4, -0.2) is 161 Å². The predicted octanol–water partition coefficient (Wildman–Crippen LogP) is 6.99. The van der Waals surface area contributed by atoms with Gasteiger partial charge in [-0.3, -0.25) is 76.3 Å². The molecule has 1 aliphatic carbocycles. The van der Waals surface area contributed by atoms with E-state index in [1.54, 1.807) is 37.5 Å². The first-order chi connectivity index (χ1) is 51.4. The number of aliphatic hydroxyl groups excluding tert-OH is 2. The summed E-state index contributed by atoms with van der Waals surface area (Å²) in [5, 5.41) is 42.1. The van der Waals surface area contributed by atoms with Crippen molar-refractivity contribution in [2.75, 3.05) is 50.7 Å². The fourth-order valence-electron chi connectivity index (χ4n) is 11.5. The highest BCUT2D eigenvalue weighted by molar-refractivity contribution is 9.09. The fourth-order valence-corrected chi connectivity index (χ4v) is 17.4. The molecule has 3 aliphatic rings. The third-order valence-electron chi connectivity index (χ3n) is 17.1. The van der Waals surface area contributed by atoms with Crippen LogP contribution in [-0.2, 0) is 38.7 Å². The molecule has 5 unspecified atom stereocenters. The number of aryl methyl sites for hydroxylation is 5. The van der Waals surface area contributed by atoms with Crippen molar-refractivity contribution in [3.05, 3.63) is 141 Å². The molecular weight excluding hydrogens is 1650 g/mol. The molecule has 0 aromatic carbocycles. The Labute approximate surface area is 654 Å². The first-order valence-corrected chi connectivity index (χ1v) is 40.7. The molecule has 43 heteroatoms. The van der Waals surface area contributed by atoms with Crippen LogP contribution < -0.4 is 70.7 Å². The maximum atomic E-state index is 13.7. The molecule has 0 spiro atoms. The average Bonchev–Trinajstić information content (AvgIpc) is 1.61. The van der Waals surface area contributed by atoms with E-state index < -0.39 is 47.2 Å². The second-order valence-corrected chi connectivity index (χ2v) is 33.0. The Morgan fingerprint density at radius 1 is 0.676 bits per heavy atom. The number of nitrogens with two attached hydrogens (primary N) is 3. The van der Waals surface area contributed by atoms with Crippen LogP contribution in [0.15, 0.2) is 45.0 Å².